The Hall–Kier alpha value is -2.42. The van der Waals surface area contributed by atoms with Crippen molar-refractivity contribution in [3.63, 3.8) is 0 Å². The number of ether oxygens (including phenoxy) is 1. The summed E-state index contributed by atoms with van der Waals surface area (Å²) in [6.07, 6.45) is 0.841. The van der Waals surface area contributed by atoms with E-state index in [0.29, 0.717) is 16.6 Å². The summed E-state index contributed by atoms with van der Waals surface area (Å²) >= 11 is 1.23. The molecule has 0 bridgehead atoms. The molecule has 0 aliphatic carbocycles. The third kappa shape index (κ3) is 4.29. The molecule has 0 radical (unpaired) electrons. The predicted molar refractivity (Wildman–Crippen MR) is 79.2 cm³/mol. The van der Waals surface area contributed by atoms with Crippen LogP contribution >= 0.6 is 11.3 Å². The van der Waals surface area contributed by atoms with E-state index in [4.69, 9.17) is 14.9 Å². The largest absolute Gasteiger partial charge is 0.446 e. The van der Waals surface area contributed by atoms with Crippen molar-refractivity contribution in [2.75, 3.05) is 0 Å². The number of amides is 2. The van der Waals surface area contributed by atoms with Gasteiger partial charge in [-0.2, -0.15) is 0 Å². The van der Waals surface area contributed by atoms with Gasteiger partial charge in [-0.1, -0.05) is 0 Å². The molecule has 0 saturated carbocycles. The summed E-state index contributed by atoms with van der Waals surface area (Å²) < 4.78 is 10.3. The molecular formula is C13H16N4O4S. The maximum absolute atomic E-state index is 11.5. The van der Waals surface area contributed by atoms with E-state index in [0.717, 1.165) is 0 Å². The molecule has 0 atom stereocenters. The normalized spacial score (nSPS) is 11.2. The van der Waals surface area contributed by atoms with Gasteiger partial charge in [0.1, 0.15) is 28.3 Å². The third-order valence-electron chi connectivity index (χ3n) is 2.31. The van der Waals surface area contributed by atoms with E-state index in [2.05, 4.69) is 15.3 Å². The number of alkyl carbamates (subject to hydrolysis) is 1. The third-order valence-corrected chi connectivity index (χ3v) is 3.18. The molecule has 2 heterocycles. The van der Waals surface area contributed by atoms with Crippen molar-refractivity contribution in [3.05, 3.63) is 23.2 Å². The smallest absolute Gasteiger partial charge is 0.408 e. The molecular weight excluding hydrogens is 308 g/mol. The van der Waals surface area contributed by atoms with Crippen LogP contribution in [0.3, 0.4) is 0 Å². The van der Waals surface area contributed by atoms with Crippen LogP contribution in [0, 0.1) is 0 Å². The van der Waals surface area contributed by atoms with Crippen LogP contribution < -0.4 is 11.1 Å². The zero-order valence-electron chi connectivity index (χ0n) is 12.4. The molecule has 0 unspecified atom stereocenters. The number of carbonyl (C=O) groups is 2. The SMILES string of the molecule is CC(C)(C)OC(=O)NCc1nc(-c2nc(C(N)=O)cs2)co1. The van der Waals surface area contributed by atoms with Crippen LogP contribution in [0.1, 0.15) is 37.2 Å². The molecule has 9 heteroatoms. The second kappa shape index (κ2) is 6.14. The Morgan fingerprint density at radius 3 is 2.73 bits per heavy atom. The number of oxazole rings is 1. The average molecular weight is 324 g/mol. The van der Waals surface area contributed by atoms with Gasteiger partial charge in [0.2, 0.25) is 5.89 Å². The highest BCUT2D eigenvalue weighted by atomic mass is 32.1. The van der Waals surface area contributed by atoms with Gasteiger partial charge < -0.3 is 20.2 Å². The van der Waals surface area contributed by atoms with Crippen LogP contribution in [0.15, 0.2) is 16.1 Å². The fraction of sp³-hybridized carbons (Fsp3) is 0.385. The molecule has 2 aromatic heterocycles. The van der Waals surface area contributed by atoms with Crippen molar-refractivity contribution in [2.45, 2.75) is 32.9 Å². The Labute approximate surface area is 130 Å². The number of nitrogens with one attached hydrogen (secondary N) is 1. The number of hydrogen-bond acceptors (Lipinski definition) is 7. The van der Waals surface area contributed by atoms with Crippen LogP contribution in [0.5, 0.6) is 0 Å². The second-order valence-electron chi connectivity index (χ2n) is 5.38. The fourth-order valence-electron chi connectivity index (χ4n) is 1.46. The van der Waals surface area contributed by atoms with E-state index in [-0.39, 0.29) is 12.2 Å². The number of nitrogens with zero attached hydrogens (tertiary/aromatic N) is 2. The van der Waals surface area contributed by atoms with E-state index in [1.165, 1.54) is 17.6 Å². The molecule has 0 aromatic carbocycles. The summed E-state index contributed by atoms with van der Waals surface area (Å²) in [5.74, 6) is -0.297. The van der Waals surface area contributed by atoms with E-state index in [1.54, 1.807) is 26.2 Å². The van der Waals surface area contributed by atoms with Crippen molar-refractivity contribution in [1.29, 1.82) is 0 Å². The highest BCUT2D eigenvalue weighted by molar-refractivity contribution is 7.13. The predicted octanol–water partition coefficient (Wildman–Crippen LogP) is 1.92. The molecule has 22 heavy (non-hydrogen) atoms. The Kier molecular flexibility index (Phi) is 4.45. The number of hydrogen-bond donors (Lipinski definition) is 2. The topological polar surface area (TPSA) is 120 Å². The van der Waals surface area contributed by atoms with Gasteiger partial charge in [0.25, 0.3) is 5.91 Å². The fourth-order valence-corrected chi connectivity index (χ4v) is 2.21. The van der Waals surface area contributed by atoms with Crippen LogP contribution in [-0.4, -0.2) is 27.6 Å². The standard InChI is InChI=1S/C13H16N4O4S/c1-13(2,3)21-12(19)15-4-9-16-7(5-20-9)11-17-8(6-22-11)10(14)18/h5-6H,4H2,1-3H3,(H2,14,18)(H,15,19). The van der Waals surface area contributed by atoms with Gasteiger partial charge >= 0.3 is 6.09 Å². The first-order valence-electron chi connectivity index (χ1n) is 6.41. The Balaban J connectivity index is 1.96. The Bertz CT molecular complexity index is 686. The van der Waals surface area contributed by atoms with Crippen LogP contribution in [0.25, 0.3) is 10.7 Å². The zero-order valence-corrected chi connectivity index (χ0v) is 13.2. The molecule has 0 saturated heterocycles. The van der Waals surface area contributed by atoms with E-state index in [9.17, 15) is 9.59 Å². The van der Waals surface area contributed by atoms with Crippen LogP contribution in [-0.2, 0) is 11.3 Å². The summed E-state index contributed by atoms with van der Waals surface area (Å²) in [5, 5.41) is 4.60. The maximum Gasteiger partial charge on any atom is 0.408 e. The molecule has 3 N–H and O–H groups in total. The van der Waals surface area contributed by atoms with Gasteiger partial charge in [-0.25, -0.2) is 14.8 Å². The lowest BCUT2D eigenvalue weighted by atomic mass is 10.2. The van der Waals surface area contributed by atoms with Crippen LogP contribution in [0.2, 0.25) is 0 Å². The maximum atomic E-state index is 11.5. The molecule has 8 nitrogen and oxygen atoms in total. The average Bonchev–Trinajstić information content (AvgIpc) is 3.03. The van der Waals surface area contributed by atoms with E-state index < -0.39 is 17.6 Å². The van der Waals surface area contributed by atoms with Gasteiger partial charge in [0.05, 0.1) is 6.54 Å². The first-order valence-corrected chi connectivity index (χ1v) is 7.29. The van der Waals surface area contributed by atoms with Gasteiger partial charge in [-0.05, 0) is 20.8 Å². The highest BCUT2D eigenvalue weighted by Crippen LogP contribution is 2.22. The van der Waals surface area contributed by atoms with Crippen molar-refractivity contribution >= 4 is 23.3 Å². The van der Waals surface area contributed by atoms with Gasteiger partial charge in [0, 0.05) is 5.38 Å². The number of thiazole rings is 1. The highest BCUT2D eigenvalue weighted by Gasteiger charge is 2.17. The molecule has 2 amide bonds. The number of primary amides is 1. The molecule has 2 rings (SSSR count). The first kappa shape index (κ1) is 16.0. The van der Waals surface area contributed by atoms with Crippen LogP contribution in [0.4, 0.5) is 4.79 Å². The van der Waals surface area contributed by atoms with Crippen molar-refractivity contribution in [3.8, 4) is 10.7 Å². The molecule has 0 aliphatic heterocycles. The second-order valence-corrected chi connectivity index (χ2v) is 6.24. The number of rotatable bonds is 4. The summed E-state index contributed by atoms with van der Waals surface area (Å²) in [7, 11) is 0. The van der Waals surface area contributed by atoms with Crippen molar-refractivity contribution in [1.82, 2.24) is 15.3 Å². The first-order chi connectivity index (χ1) is 10.2. The minimum absolute atomic E-state index is 0.0863. The minimum atomic E-state index is -0.599. The van der Waals surface area contributed by atoms with Gasteiger partial charge in [-0.15, -0.1) is 11.3 Å². The number of carbonyl (C=O) groups excluding carboxylic acids is 2. The van der Waals surface area contributed by atoms with E-state index >= 15 is 0 Å². The summed E-state index contributed by atoms with van der Waals surface area (Å²) in [6.45, 7) is 5.40. The van der Waals surface area contributed by atoms with Crippen molar-refractivity contribution in [2.24, 2.45) is 5.73 Å². The van der Waals surface area contributed by atoms with Gasteiger partial charge in [0.15, 0.2) is 0 Å². The quantitative estimate of drug-likeness (QED) is 0.886. The number of aromatic nitrogens is 2. The summed E-state index contributed by atoms with van der Waals surface area (Å²) in [4.78, 5) is 30.8. The lowest BCUT2D eigenvalue weighted by Crippen LogP contribution is -2.32. The molecule has 0 fully saturated rings. The Morgan fingerprint density at radius 1 is 1.41 bits per heavy atom. The molecule has 0 spiro atoms. The number of nitrogens with two attached hydrogens (primary N) is 1. The monoisotopic (exact) mass is 324 g/mol. The summed E-state index contributed by atoms with van der Waals surface area (Å²) in [6, 6.07) is 0. The lowest BCUT2D eigenvalue weighted by Gasteiger charge is -2.19. The lowest BCUT2D eigenvalue weighted by molar-refractivity contribution is 0.0518. The molecule has 118 valence electrons. The molecule has 2 aromatic rings. The molecule has 0 aliphatic rings. The minimum Gasteiger partial charge on any atom is -0.446 e. The van der Waals surface area contributed by atoms with E-state index in [1.807, 2.05) is 0 Å². The Morgan fingerprint density at radius 2 is 2.14 bits per heavy atom. The van der Waals surface area contributed by atoms with Gasteiger partial charge in [-0.3, -0.25) is 4.79 Å². The van der Waals surface area contributed by atoms with Crippen molar-refractivity contribution < 1.29 is 18.7 Å². The summed E-state index contributed by atoms with van der Waals surface area (Å²) in [5.41, 5.74) is 5.22. The zero-order chi connectivity index (χ0) is 16.3.